The van der Waals surface area contributed by atoms with Crippen LogP contribution < -0.4 is 5.32 Å². The number of terminal acetylenes is 1. The number of carbonyl (C=O) groups is 1. The molecule has 14 heavy (non-hydrogen) atoms. The number of amides is 1. The maximum Gasteiger partial charge on any atom is 0.255 e. The van der Waals surface area contributed by atoms with E-state index in [1.165, 1.54) is 18.7 Å². The van der Waals surface area contributed by atoms with Crippen molar-refractivity contribution in [1.82, 2.24) is 15.3 Å². The second-order valence-electron chi connectivity index (χ2n) is 2.73. The molecule has 0 spiro atoms. The van der Waals surface area contributed by atoms with Crippen molar-refractivity contribution in [3.63, 3.8) is 0 Å². The van der Waals surface area contributed by atoms with Gasteiger partial charge in [0.2, 0.25) is 0 Å². The van der Waals surface area contributed by atoms with Crippen molar-refractivity contribution >= 4 is 5.91 Å². The highest BCUT2D eigenvalue weighted by Crippen LogP contribution is 1.95. The third kappa shape index (κ3) is 2.56. The van der Waals surface area contributed by atoms with Crippen LogP contribution in [0.2, 0.25) is 0 Å². The monoisotopic (exact) mass is 189 g/mol. The number of hydrogen-bond acceptors (Lipinski definition) is 3. The second kappa shape index (κ2) is 4.97. The quantitative estimate of drug-likeness (QED) is 0.709. The van der Waals surface area contributed by atoms with E-state index in [0.717, 1.165) is 0 Å². The fourth-order valence-electron chi connectivity index (χ4n) is 0.920. The first-order valence-corrected chi connectivity index (χ1v) is 4.30. The molecule has 0 saturated carbocycles. The Bertz CT molecular complexity index is 342. The summed E-state index contributed by atoms with van der Waals surface area (Å²) in [6.45, 7) is 1.91. The third-order valence-electron chi connectivity index (χ3n) is 1.74. The van der Waals surface area contributed by atoms with Crippen molar-refractivity contribution < 1.29 is 4.79 Å². The first-order chi connectivity index (χ1) is 6.77. The topological polar surface area (TPSA) is 54.9 Å². The van der Waals surface area contributed by atoms with Gasteiger partial charge in [-0.25, -0.2) is 9.97 Å². The zero-order valence-corrected chi connectivity index (χ0v) is 7.90. The second-order valence-corrected chi connectivity index (χ2v) is 2.73. The van der Waals surface area contributed by atoms with Crippen molar-refractivity contribution in [1.29, 1.82) is 0 Å². The minimum Gasteiger partial charge on any atom is -0.338 e. The molecule has 1 N–H and O–H groups in total. The van der Waals surface area contributed by atoms with Gasteiger partial charge in [0.05, 0.1) is 11.6 Å². The van der Waals surface area contributed by atoms with E-state index in [2.05, 4.69) is 21.2 Å². The number of hydrogen-bond donors (Lipinski definition) is 1. The van der Waals surface area contributed by atoms with Gasteiger partial charge >= 0.3 is 0 Å². The van der Waals surface area contributed by atoms with Gasteiger partial charge in [0.1, 0.15) is 6.33 Å². The van der Waals surface area contributed by atoms with E-state index < -0.39 is 0 Å². The van der Waals surface area contributed by atoms with Gasteiger partial charge in [0.15, 0.2) is 0 Å². The van der Waals surface area contributed by atoms with Crippen LogP contribution in [-0.2, 0) is 0 Å². The standard InChI is InChI=1S/C10H11N3O/c1-3-9(4-2)13-10(14)8-5-11-7-12-6-8/h1,5-7,9H,4H2,2H3,(H,13,14). The molecule has 0 aliphatic rings. The minimum atomic E-state index is -0.240. The van der Waals surface area contributed by atoms with Crippen LogP contribution in [-0.4, -0.2) is 21.9 Å². The summed E-state index contributed by atoms with van der Waals surface area (Å²) in [7, 11) is 0. The van der Waals surface area contributed by atoms with E-state index >= 15 is 0 Å². The summed E-state index contributed by atoms with van der Waals surface area (Å²) < 4.78 is 0. The van der Waals surface area contributed by atoms with Crippen LogP contribution in [0.1, 0.15) is 23.7 Å². The Kier molecular flexibility index (Phi) is 3.62. The Balaban J connectivity index is 2.64. The molecule has 1 amide bonds. The molecule has 1 aromatic rings. The summed E-state index contributed by atoms with van der Waals surface area (Å²) in [5.74, 6) is 2.24. The van der Waals surface area contributed by atoms with Gasteiger partial charge in [-0.3, -0.25) is 4.79 Å². The summed E-state index contributed by atoms with van der Waals surface area (Å²) in [4.78, 5) is 19.0. The van der Waals surface area contributed by atoms with Crippen LogP contribution in [0.15, 0.2) is 18.7 Å². The van der Waals surface area contributed by atoms with Crippen molar-refractivity contribution in [3.05, 3.63) is 24.3 Å². The zero-order valence-electron chi connectivity index (χ0n) is 7.90. The zero-order chi connectivity index (χ0) is 10.4. The summed E-state index contributed by atoms with van der Waals surface area (Å²) in [6, 6.07) is -0.234. The van der Waals surface area contributed by atoms with Gasteiger partial charge in [-0.15, -0.1) is 6.42 Å². The molecule has 0 saturated heterocycles. The van der Waals surface area contributed by atoms with E-state index in [4.69, 9.17) is 6.42 Å². The maximum absolute atomic E-state index is 11.5. The molecular weight excluding hydrogens is 178 g/mol. The van der Waals surface area contributed by atoms with E-state index in [0.29, 0.717) is 12.0 Å². The smallest absolute Gasteiger partial charge is 0.255 e. The SMILES string of the molecule is C#CC(CC)NC(=O)c1cncnc1. The Labute approximate surface area is 82.8 Å². The highest BCUT2D eigenvalue weighted by Gasteiger charge is 2.09. The number of aromatic nitrogens is 2. The molecule has 0 fully saturated rings. The molecule has 0 aromatic carbocycles. The number of nitrogens with zero attached hydrogens (tertiary/aromatic N) is 2. The summed E-state index contributed by atoms with van der Waals surface area (Å²) in [6.07, 6.45) is 10.2. The van der Waals surface area contributed by atoms with Crippen LogP contribution in [0.4, 0.5) is 0 Å². The van der Waals surface area contributed by atoms with E-state index in [9.17, 15) is 4.79 Å². The lowest BCUT2D eigenvalue weighted by Gasteiger charge is -2.09. The maximum atomic E-state index is 11.5. The van der Waals surface area contributed by atoms with Crippen LogP contribution >= 0.6 is 0 Å². The highest BCUT2D eigenvalue weighted by atomic mass is 16.1. The van der Waals surface area contributed by atoms with Crippen LogP contribution in [0.5, 0.6) is 0 Å². The van der Waals surface area contributed by atoms with Crippen molar-refractivity contribution in [2.24, 2.45) is 0 Å². The molecule has 1 rings (SSSR count). The van der Waals surface area contributed by atoms with Gasteiger partial charge in [0, 0.05) is 12.4 Å². The molecule has 1 atom stereocenters. The van der Waals surface area contributed by atoms with E-state index in [1.807, 2.05) is 6.92 Å². The van der Waals surface area contributed by atoms with Crippen molar-refractivity contribution in [2.75, 3.05) is 0 Å². The van der Waals surface area contributed by atoms with E-state index in [1.54, 1.807) is 0 Å². The Hall–Kier alpha value is -1.89. The summed E-state index contributed by atoms with van der Waals surface area (Å²) >= 11 is 0. The number of carbonyl (C=O) groups excluding carboxylic acids is 1. The van der Waals surface area contributed by atoms with Crippen LogP contribution in [0, 0.1) is 12.3 Å². The predicted molar refractivity (Wildman–Crippen MR) is 52.4 cm³/mol. The average molecular weight is 189 g/mol. The molecule has 0 bridgehead atoms. The van der Waals surface area contributed by atoms with Gasteiger partial charge in [0.25, 0.3) is 5.91 Å². The molecule has 1 unspecified atom stereocenters. The summed E-state index contributed by atoms with van der Waals surface area (Å²) in [5.41, 5.74) is 0.418. The van der Waals surface area contributed by atoms with Gasteiger partial charge < -0.3 is 5.32 Å². The molecule has 0 radical (unpaired) electrons. The first kappa shape index (κ1) is 10.2. The van der Waals surface area contributed by atoms with Crippen LogP contribution in [0.3, 0.4) is 0 Å². The average Bonchev–Trinajstić information content (AvgIpc) is 2.26. The van der Waals surface area contributed by atoms with Gasteiger partial charge in [-0.05, 0) is 6.42 Å². The largest absolute Gasteiger partial charge is 0.338 e. The molecule has 72 valence electrons. The summed E-state index contributed by atoms with van der Waals surface area (Å²) in [5, 5.41) is 2.68. The normalized spacial score (nSPS) is 11.4. The number of rotatable bonds is 3. The predicted octanol–water partition coefficient (Wildman–Crippen LogP) is 0.618. The molecule has 1 heterocycles. The fraction of sp³-hybridized carbons (Fsp3) is 0.300. The number of nitrogens with one attached hydrogen (secondary N) is 1. The lowest BCUT2D eigenvalue weighted by Crippen LogP contribution is -2.33. The minimum absolute atomic E-state index is 0.234. The van der Waals surface area contributed by atoms with Crippen LogP contribution in [0.25, 0.3) is 0 Å². The van der Waals surface area contributed by atoms with Gasteiger partial charge in [-0.2, -0.15) is 0 Å². The molecule has 4 nitrogen and oxygen atoms in total. The van der Waals surface area contributed by atoms with E-state index in [-0.39, 0.29) is 11.9 Å². The van der Waals surface area contributed by atoms with Crippen molar-refractivity contribution in [2.45, 2.75) is 19.4 Å². The lowest BCUT2D eigenvalue weighted by atomic mass is 10.2. The first-order valence-electron chi connectivity index (χ1n) is 4.30. The molecular formula is C10H11N3O. The molecule has 0 aliphatic heterocycles. The van der Waals surface area contributed by atoms with Gasteiger partial charge in [-0.1, -0.05) is 12.8 Å². The van der Waals surface area contributed by atoms with Crippen molar-refractivity contribution in [3.8, 4) is 12.3 Å². The molecule has 4 heteroatoms. The Morgan fingerprint density at radius 2 is 2.29 bits per heavy atom. The Morgan fingerprint density at radius 3 is 2.79 bits per heavy atom. The Morgan fingerprint density at radius 1 is 1.64 bits per heavy atom. The lowest BCUT2D eigenvalue weighted by molar-refractivity contribution is 0.0944. The third-order valence-corrected chi connectivity index (χ3v) is 1.74. The molecule has 0 aliphatic carbocycles. The fourth-order valence-corrected chi connectivity index (χ4v) is 0.920. The highest BCUT2D eigenvalue weighted by molar-refractivity contribution is 5.93. The molecule has 1 aromatic heterocycles.